The molecule has 0 fully saturated rings. The SMILES string of the molecule is CC1=C/C(=C(/c2ccccc2S(=O)(=O)[O-])c2cc(C)c(O)c(CN(CC(=O)[O-])CC(=O)O)c2C)C(C)=C(CN(CC(=O)[O-])CC(=O)[O-])C1=O.[Na+].[Na+].[Na+].[Na+]. The van der Waals surface area contributed by atoms with Crippen molar-refractivity contribution in [3.8, 4) is 5.75 Å². The van der Waals surface area contributed by atoms with Crippen LogP contribution in [0.15, 0.2) is 63.6 Å². The van der Waals surface area contributed by atoms with Gasteiger partial charge in [-0.2, -0.15) is 0 Å². The fourth-order valence-electron chi connectivity index (χ4n) is 5.68. The third-order valence-electron chi connectivity index (χ3n) is 7.87. The number of ketones is 1. The van der Waals surface area contributed by atoms with Crippen molar-refractivity contribution >= 4 is 45.4 Å². The number of benzene rings is 2. The zero-order chi connectivity index (χ0) is 37.0. The number of hydrogen-bond acceptors (Lipinski definition) is 14. The van der Waals surface area contributed by atoms with E-state index in [4.69, 9.17) is 0 Å². The number of phenols is 1. The van der Waals surface area contributed by atoms with Gasteiger partial charge in [-0.3, -0.25) is 19.4 Å². The van der Waals surface area contributed by atoms with Crippen LogP contribution in [0.1, 0.15) is 41.7 Å². The van der Waals surface area contributed by atoms with Gasteiger partial charge in [0.2, 0.25) is 0 Å². The van der Waals surface area contributed by atoms with E-state index in [1.54, 1.807) is 0 Å². The van der Waals surface area contributed by atoms with E-state index >= 15 is 0 Å². The van der Waals surface area contributed by atoms with Crippen LogP contribution in [0.25, 0.3) is 5.57 Å². The summed E-state index contributed by atoms with van der Waals surface area (Å²) in [5.74, 6) is -7.09. The monoisotopic (exact) mass is 788 g/mol. The van der Waals surface area contributed by atoms with Gasteiger partial charge in [0, 0.05) is 49.4 Å². The van der Waals surface area contributed by atoms with Crippen molar-refractivity contribution in [2.75, 3.05) is 32.7 Å². The molecule has 15 nitrogen and oxygen atoms in total. The Bertz CT molecular complexity index is 1930. The number of rotatable bonds is 15. The van der Waals surface area contributed by atoms with Gasteiger partial charge >= 0.3 is 124 Å². The molecule has 0 atom stereocenters. The molecule has 0 unspecified atom stereocenters. The number of carbonyl (C=O) groups excluding carboxylic acids is 4. The third kappa shape index (κ3) is 14.4. The van der Waals surface area contributed by atoms with E-state index in [2.05, 4.69) is 0 Å². The fraction of sp³-hybridized carbons (Fsp3) is 0.303. The minimum Gasteiger partial charge on any atom is -0.744 e. The maximum absolute atomic E-state index is 13.4. The Balaban J connectivity index is 0. The molecule has 0 radical (unpaired) electrons. The maximum Gasteiger partial charge on any atom is 1.00 e. The summed E-state index contributed by atoms with van der Waals surface area (Å²) in [7, 11) is -5.15. The van der Waals surface area contributed by atoms with Gasteiger partial charge in [0.05, 0.1) is 29.3 Å². The molecular formula is C33H32N2Na4O13S. The van der Waals surface area contributed by atoms with Crippen LogP contribution >= 0.6 is 0 Å². The number of hydrogen-bond donors (Lipinski definition) is 2. The Hall–Kier alpha value is -1.16. The summed E-state index contributed by atoms with van der Waals surface area (Å²) in [6, 6.07) is 6.65. The smallest absolute Gasteiger partial charge is 0.744 e. The van der Waals surface area contributed by atoms with Crippen LogP contribution in [0.2, 0.25) is 0 Å². The maximum atomic E-state index is 13.4. The van der Waals surface area contributed by atoms with E-state index in [9.17, 15) is 62.5 Å². The summed E-state index contributed by atoms with van der Waals surface area (Å²) in [6.45, 7) is 1.66. The van der Waals surface area contributed by atoms with Gasteiger partial charge in [-0.1, -0.05) is 18.2 Å². The molecule has 3 rings (SSSR count). The Morgan fingerprint density at radius 3 is 1.74 bits per heavy atom. The van der Waals surface area contributed by atoms with E-state index in [1.165, 1.54) is 58.0 Å². The van der Waals surface area contributed by atoms with Crippen molar-refractivity contribution in [2.24, 2.45) is 0 Å². The summed E-state index contributed by atoms with van der Waals surface area (Å²) in [4.78, 5) is 60.4. The van der Waals surface area contributed by atoms with E-state index < -0.39 is 83.9 Å². The molecule has 1 aliphatic carbocycles. The zero-order valence-corrected chi connectivity index (χ0v) is 39.7. The van der Waals surface area contributed by atoms with Gasteiger partial charge in [0.25, 0.3) is 0 Å². The van der Waals surface area contributed by atoms with Gasteiger partial charge in [0.15, 0.2) is 5.78 Å². The third-order valence-corrected chi connectivity index (χ3v) is 8.77. The minimum absolute atomic E-state index is 0. The number of phenolic OH excluding ortho intramolecular Hbond substituents is 1. The first-order valence-corrected chi connectivity index (χ1v) is 15.9. The topological polar surface area (TPSA) is 259 Å². The minimum atomic E-state index is -5.15. The summed E-state index contributed by atoms with van der Waals surface area (Å²) < 4.78 is 37.7. The van der Waals surface area contributed by atoms with E-state index in [0.717, 1.165) is 15.9 Å². The van der Waals surface area contributed by atoms with Crippen molar-refractivity contribution < 1.29 is 181 Å². The van der Waals surface area contributed by atoms with Gasteiger partial charge < -0.3 is 44.5 Å². The van der Waals surface area contributed by atoms with Crippen LogP contribution in [0.3, 0.4) is 0 Å². The molecule has 2 aromatic carbocycles. The molecule has 0 heterocycles. The van der Waals surface area contributed by atoms with E-state index in [-0.39, 0.29) is 180 Å². The molecule has 0 aromatic heterocycles. The molecule has 2 aromatic rings. The molecule has 20 heteroatoms. The molecule has 53 heavy (non-hydrogen) atoms. The Kier molecular flexibility index (Phi) is 23.6. The van der Waals surface area contributed by atoms with Crippen LogP contribution in [0.4, 0.5) is 0 Å². The first kappa shape index (κ1) is 53.9. The van der Waals surface area contributed by atoms with Gasteiger partial charge in [0.1, 0.15) is 15.9 Å². The van der Waals surface area contributed by atoms with Crippen LogP contribution in [-0.4, -0.2) is 95.4 Å². The van der Waals surface area contributed by atoms with E-state index in [0.29, 0.717) is 0 Å². The molecule has 262 valence electrons. The molecular weight excluding hydrogens is 756 g/mol. The second kappa shape index (κ2) is 23.2. The van der Waals surface area contributed by atoms with Crippen molar-refractivity contribution in [2.45, 2.75) is 39.1 Å². The average Bonchev–Trinajstić information content (AvgIpc) is 2.97. The molecule has 0 aliphatic heterocycles. The zero-order valence-electron chi connectivity index (χ0n) is 30.9. The Morgan fingerprint density at radius 2 is 1.26 bits per heavy atom. The first-order valence-electron chi connectivity index (χ1n) is 14.5. The van der Waals surface area contributed by atoms with Crippen molar-refractivity contribution in [3.63, 3.8) is 0 Å². The molecule has 0 saturated carbocycles. The predicted octanol–water partition coefficient (Wildman–Crippen LogP) is -14.0. The van der Waals surface area contributed by atoms with Crippen molar-refractivity contribution in [1.82, 2.24) is 9.80 Å². The Morgan fingerprint density at radius 1 is 0.774 bits per heavy atom. The number of nitrogens with zero attached hydrogens (tertiary/aromatic N) is 2. The molecule has 0 bridgehead atoms. The van der Waals surface area contributed by atoms with Gasteiger partial charge in [-0.05, 0) is 84.9 Å². The second-order valence-corrected chi connectivity index (χ2v) is 12.8. The van der Waals surface area contributed by atoms with Crippen LogP contribution < -0.4 is 134 Å². The number of allylic oxidation sites excluding steroid dienone is 4. The van der Waals surface area contributed by atoms with Crippen molar-refractivity contribution in [3.05, 3.63) is 86.5 Å². The fourth-order valence-corrected chi connectivity index (χ4v) is 6.37. The first-order chi connectivity index (χ1) is 22.7. The number of carboxylic acid groups (broad SMARTS) is 4. The Labute approximate surface area is 395 Å². The standard InChI is InChI=1S/C33H36N2O13S.4Na/c1-17-9-22(19(3)24(32(17)44)11-34(13-27(36)37)14-28(38)39)31(21-7-5-6-8-26(21)49(46,47)48)23-10-18(2)33(45)25(20(23)4)12-35(15-29(40)41)16-30(42)43;;;;/h5-10,44H,11-16H2,1-4H3,(H,36,37)(H,38,39)(H,40,41)(H,42,43)(H,46,47,48);;;;/q;4*+1/p-4/b31-23+;;;;. The van der Waals surface area contributed by atoms with Gasteiger partial charge in [-0.15, -0.1) is 0 Å². The number of aliphatic carboxylic acids is 4. The number of carboxylic acids is 4. The second-order valence-electron chi connectivity index (χ2n) is 11.5. The van der Waals surface area contributed by atoms with Crippen LogP contribution in [0, 0.1) is 13.8 Å². The molecule has 0 amide bonds. The summed E-state index contributed by atoms with van der Waals surface area (Å²) >= 11 is 0. The number of aromatic hydroxyl groups is 1. The number of aryl methyl sites for hydroxylation is 1. The molecule has 0 spiro atoms. The van der Waals surface area contributed by atoms with Gasteiger partial charge in [-0.25, -0.2) is 8.42 Å². The van der Waals surface area contributed by atoms with Crippen LogP contribution in [0.5, 0.6) is 5.75 Å². The number of carbonyl (C=O) groups is 5. The summed E-state index contributed by atoms with van der Waals surface area (Å²) in [6.07, 6.45) is 1.42. The molecule has 0 saturated heterocycles. The molecule has 1 aliphatic rings. The van der Waals surface area contributed by atoms with Crippen LogP contribution in [-0.2, 0) is 40.6 Å². The largest absolute Gasteiger partial charge is 1.00 e. The van der Waals surface area contributed by atoms with Crippen molar-refractivity contribution in [1.29, 1.82) is 0 Å². The number of Topliss-reactive ketones (excluding diaryl/α,β-unsaturated/α-hetero) is 1. The summed E-state index contributed by atoms with van der Waals surface area (Å²) in [5, 5.41) is 54.7. The quantitative estimate of drug-likeness (QED) is 0.125. The average molecular weight is 789 g/mol. The van der Waals surface area contributed by atoms with E-state index in [1.807, 2.05) is 0 Å². The summed E-state index contributed by atoms with van der Waals surface area (Å²) in [5.41, 5.74) is 1.04. The normalized spacial score (nSPS) is 13.6. The predicted molar refractivity (Wildman–Crippen MR) is 164 cm³/mol. The molecule has 2 N–H and O–H groups in total.